The second-order valence-electron chi connectivity index (χ2n) is 5.60. The van der Waals surface area contributed by atoms with Gasteiger partial charge in [-0.1, -0.05) is 0 Å². The molecule has 0 aliphatic carbocycles. The number of carbonyl (C=O) groups excluding carboxylic acids is 2. The van der Waals surface area contributed by atoms with Gasteiger partial charge in [-0.05, 0) is 24.3 Å². The lowest BCUT2D eigenvalue weighted by Crippen LogP contribution is -2.19. The summed E-state index contributed by atoms with van der Waals surface area (Å²) in [5, 5.41) is 13.5. The van der Waals surface area contributed by atoms with Crippen molar-refractivity contribution in [3.8, 4) is 5.75 Å². The number of esters is 1. The molecule has 0 fully saturated rings. The van der Waals surface area contributed by atoms with E-state index >= 15 is 0 Å². The van der Waals surface area contributed by atoms with Crippen molar-refractivity contribution in [2.24, 2.45) is 5.73 Å². The lowest BCUT2D eigenvalue weighted by molar-refractivity contribution is -0.385. The van der Waals surface area contributed by atoms with Crippen LogP contribution in [0.3, 0.4) is 0 Å². The number of nitrogens with two attached hydrogens (primary N) is 1. The van der Waals surface area contributed by atoms with Gasteiger partial charge in [-0.15, -0.1) is 0 Å². The third-order valence-corrected chi connectivity index (χ3v) is 3.73. The number of nitrogens with one attached hydrogen (secondary N) is 1. The first-order valence-corrected chi connectivity index (χ1v) is 7.78. The number of primary amides is 1. The first kappa shape index (κ1) is 18.1. The zero-order valence-corrected chi connectivity index (χ0v) is 14.0. The van der Waals surface area contributed by atoms with Crippen molar-refractivity contribution in [3.63, 3.8) is 0 Å². The van der Waals surface area contributed by atoms with Crippen LogP contribution in [0.1, 0.15) is 21.5 Å². The Labute approximate surface area is 153 Å². The van der Waals surface area contributed by atoms with E-state index in [0.717, 1.165) is 0 Å². The van der Waals surface area contributed by atoms with Gasteiger partial charge in [0, 0.05) is 28.9 Å². The fourth-order valence-corrected chi connectivity index (χ4v) is 2.55. The Morgan fingerprint density at radius 3 is 2.67 bits per heavy atom. The maximum absolute atomic E-state index is 12.2. The number of non-ortho nitro benzene ring substituents is 1. The maximum Gasteiger partial charge on any atom is 0.338 e. The number of benzene rings is 2. The zero-order chi connectivity index (χ0) is 19.4. The van der Waals surface area contributed by atoms with E-state index in [0.29, 0.717) is 22.6 Å². The van der Waals surface area contributed by atoms with Crippen LogP contribution in [0.2, 0.25) is 0 Å². The van der Waals surface area contributed by atoms with Crippen molar-refractivity contribution < 1.29 is 28.7 Å². The summed E-state index contributed by atoms with van der Waals surface area (Å²) in [6, 6.07) is 7.86. The fourth-order valence-electron chi connectivity index (χ4n) is 2.55. The lowest BCUT2D eigenvalue weighted by Gasteiger charge is -2.20. The molecule has 1 aliphatic rings. The van der Waals surface area contributed by atoms with E-state index < -0.39 is 16.9 Å². The number of ether oxygens (including phenoxy) is 3. The van der Waals surface area contributed by atoms with Crippen LogP contribution in [-0.4, -0.2) is 23.7 Å². The molecule has 3 rings (SSSR count). The number of fused-ring (bicyclic) bond motifs is 1. The Morgan fingerprint density at radius 2 is 2.00 bits per heavy atom. The molecule has 0 spiro atoms. The number of anilines is 1. The summed E-state index contributed by atoms with van der Waals surface area (Å²) in [7, 11) is 0. The first-order chi connectivity index (χ1) is 12.9. The van der Waals surface area contributed by atoms with Crippen molar-refractivity contribution in [2.75, 3.05) is 12.1 Å². The smallest absolute Gasteiger partial charge is 0.338 e. The number of amides is 2. The summed E-state index contributed by atoms with van der Waals surface area (Å²) in [6.45, 7) is -0.0174. The predicted molar refractivity (Wildman–Crippen MR) is 92.1 cm³/mol. The molecule has 0 unspecified atom stereocenters. The number of nitro groups is 1. The summed E-state index contributed by atoms with van der Waals surface area (Å²) < 4.78 is 15.8. The van der Waals surface area contributed by atoms with Gasteiger partial charge >= 0.3 is 12.0 Å². The van der Waals surface area contributed by atoms with Gasteiger partial charge < -0.3 is 25.3 Å². The van der Waals surface area contributed by atoms with Crippen molar-refractivity contribution in [1.82, 2.24) is 0 Å². The van der Waals surface area contributed by atoms with Crippen LogP contribution < -0.4 is 15.8 Å². The van der Waals surface area contributed by atoms with Crippen molar-refractivity contribution in [2.45, 2.75) is 13.2 Å². The minimum atomic E-state index is -0.718. The summed E-state index contributed by atoms with van der Waals surface area (Å²) in [5.41, 5.74) is 6.44. The molecule has 0 saturated carbocycles. The Bertz CT molecular complexity index is 896. The average Bonchev–Trinajstić information content (AvgIpc) is 2.65. The molecule has 1 heterocycles. The molecular formula is C17H15N3O7. The molecular weight excluding hydrogens is 358 g/mol. The highest BCUT2D eigenvalue weighted by Crippen LogP contribution is 2.33. The van der Waals surface area contributed by atoms with E-state index in [1.165, 1.54) is 36.4 Å². The molecule has 1 aliphatic heterocycles. The van der Waals surface area contributed by atoms with Crippen LogP contribution in [0.15, 0.2) is 36.4 Å². The molecule has 0 aromatic heterocycles. The van der Waals surface area contributed by atoms with Crippen LogP contribution >= 0.6 is 0 Å². The highest BCUT2D eigenvalue weighted by atomic mass is 16.7. The molecule has 10 heteroatoms. The van der Waals surface area contributed by atoms with Crippen molar-refractivity contribution in [1.29, 1.82) is 0 Å². The standard InChI is InChI=1S/C17H15N3O7/c18-17(22)19-13-3-1-10(2-4-13)16(21)26-8-12-6-14(20(23)24)5-11-7-25-9-27-15(11)12/h1-6H,7-9H2,(H3,18,19,22). The van der Waals surface area contributed by atoms with E-state index in [9.17, 15) is 19.7 Å². The monoisotopic (exact) mass is 373 g/mol. The quantitative estimate of drug-likeness (QED) is 0.465. The molecule has 3 N–H and O–H groups in total. The first-order valence-electron chi connectivity index (χ1n) is 7.78. The molecule has 140 valence electrons. The number of nitro benzene ring substituents is 1. The number of hydrogen-bond donors (Lipinski definition) is 2. The third kappa shape index (κ3) is 4.30. The number of rotatable bonds is 5. The predicted octanol–water partition coefficient (Wildman–Crippen LogP) is 2.31. The van der Waals surface area contributed by atoms with Crippen LogP contribution in [-0.2, 0) is 22.7 Å². The van der Waals surface area contributed by atoms with E-state index in [-0.39, 0.29) is 31.3 Å². The summed E-state index contributed by atoms with van der Waals surface area (Å²) in [4.78, 5) is 33.5. The van der Waals surface area contributed by atoms with Gasteiger partial charge in [-0.2, -0.15) is 0 Å². The lowest BCUT2D eigenvalue weighted by atomic mass is 10.1. The van der Waals surface area contributed by atoms with E-state index in [1.807, 2.05) is 0 Å². The van der Waals surface area contributed by atoms with Gasteiger partial charge in [-0.3, -0.25) is 10.1 Å². The highest BCUT2D eigenvalue weighted by Gasteiger charge is 2.22. The minimum absolute atomic E-state index is 0.0140. The number of carbonyl (C=O) groups is 2. The van der Waals surface area contributed by atoms with Gasteiger partial charge in [0.2, 0.25) is 0 Å². The van der Waals surface area contributed by atoms with Gasteiger partial charge in [0.25, 0.3) is 5.69 Å². The Hall–Kier alpha value is -3.66. The minimum Gasteiger partial charge on any atom is -0.467 e. The number of urea groups is 1. The van der Waals surface area contributed by atoms with E-state index in [2.05, 4.69) is 5.32 Å². The molecule has 27 heavy (non-hydrogen) atoms. The molecule has 2 amide bonds. The third-order valence-electron chi connectivity index (χ3n) is 3.73. The van der Waals surface area contributed by atoms with Gasteiger partial charge in [-0.25, -0.2) is 9.59 Å². The second-order valence-corrected chi connectivity index (χ2v) is 5.60. The summed E-state index contributed by atoms with van der Waals surface area (Å²) in [6.07, 6.45) is 0. The van der Waals surface area contributed by atoms with Gasteiger partial charge in [0.1, 0.15) is 12.4 Å². The molecule has 0 atom stereocenters. The normalized spacial score (nSPS) is 12.4. The van der Waals surface area contributed by atoms with Crippen molar-refractivity contribution in [3.05, 3.63) is 63.2 Å². The van der Waals surface area contributed by atoms with E-state index in [4.69, 9.17) is 19.9 Å². The zero-order valence-electron chi connectivity index (χ0n) is 14.0. The summed E-state index contributed by atoms with van der Waals surface area (Å²) >= 11 is 0. The van der Waals surface area contributed by atoms with E-state index in [1.54, 1.807) is 0 Å². The molecule has 0 saturated heterocycles. The molecule has 0 bridgehead atoms. The average molecular weight is 373 g/mol. The van der Waals surface area contributed by atoms with Crippen molar-refractivity contribution >= 4 is 23.4 Å². The van der Waals surface area contributed by atoms with Gasteiger partial charge in [0.05, 0.1) is 17.1 Å². The molecule has 2 aromatic carbocycles. The molecule has 10 nitrogen and oxygen atoms in total. The van der Waals surface area contributed by atoms with Crippen LogP contribution in [0.4, 0.5) is 16.2 Å². The fraction of sp³-hybridized carbons (Fsp3) is 0.176. The number of hydrogen-bond acceptors (Lipinski definition) is 7. The Kier molecular flexibility index (Phi) is 5.18. The second kappa shape index (κ2) is 7.70. The molecule has 2 aromatic rings. The van der Waals surface area contributed by atoms with Crippen LogP contribution in [0.5, 0.6) is 5.75 Å². The number of nitrogens with zero attached hydrogens (tertiary/aromatic N) is 1. The van der Waals surface area contributed by atoms with Crippen LogP contribution in [0, 0.1) is 10.1 Å². The highest BCUT2D eigenvalue weighted by molar-refractivity contribution is 5.91. The largest absolute Gasteiger partial charge is 0.467 e. The Balaban J connectivity index is 1.74. The topological polar surface area (TPSA) is 143 Å². The summed E-state index contributed by atoms with van der Waals surface area (Å²) in [5.74, 6) is -0.214. The molecule has 0 radical (unpaired) electrons. The van der Waals surface area contributed by atoms with Gasteiger partial charge in [0.15, 0.2) is 6.79 Å². The Morgan fingerprint density at radius 1 is 1.26 bits per heavy atom. The SMILES string of the molecule is NC(=O)Nc1ccc(C(=O)OCc2cc([N+](=O)[O-])cc3c2OCOC3)cc1. The maximum atomic E-state index is 12.2. The van der Waals surface area contributed by atoms with Crippen LogP contribution in [0.25, 0.3) is 0 Å².